The Morgan fingerprint density at radius 3 is 2.44 bits per heavy atom. The number of nitrogens with zero attached hydrogens (tertiary/aromatic N) is 1. The highest BCUT2D eigenvalue weighted by Gasteiger charge is 2.45. The quantitative estimate of drug-likeness (QED) is 0.744. The van der Waals surface area contributed by atoms with Crippen molar-refractivity contribution >= 4 is 19.7 Å². The normalized spacial score (nSPS) is 31.8. The van der Waals surface area contributed by atoms with E-state index < -0.39 is 13.9 Å². The summed E-state index contributed by atoms with van der Waals surface area (Å²) in [5.41, 5.74) is 0. The molecule has 1 aliphatic carbocycles. The van der Waals surface area contributed by atoms with Crippen molar-refractivity contribution in [2.45, 2.75) is 11.3 Å². The molecule has 0 spiro atoms. The molecule has 0 aromatic carbocycles. The van der Waals surface area contributed by atoms with Crippen molar-refractivity contribution in [2.75, 3.05) is 26.2 Å². The van der Waals surface area contributed by atoms with Gasteiger partial charge in [-0.3, -0.25) is 4.90 Å². The minimum absolute atomic E-state index is 0.426. The third kappa shape index (κ3) is 2.05. The molecule has 16 heavy (non-hydrogen) atoms. The van der Waals surface area contributed by atoms with Crippen LogP contribution in [0.25, 0.3) is 0 Å². The third-order valence-electron chi connectivity index (χ3n) is 3.09. The van der Waals surface area contributed by atoms with Gasteiger partial charge in [0.1, 0.15) is 0 Å². The van der Waals surface area contributed by atoms with Crippen LogP contribution in [-0.2, 0) is 9.05 Å². The lowest BCUT2D eigenvalue weighted by Gasteiger charge is -2.41. The first-order valence-corrected chi connectivity index (χ1v) is 7.61. The number of piperazine rings is 1. The lowest BCUT2D eigenvalue weighted by atomic mass is 10.1. The summed E-state index contributed by atoms with van der Waals surface area (Å²) in [6.45, 7) is 2.99. The fourth-order valence-electron chi connectivity index (χ4n) is 2.20. The minimum atomic E-state index is -3.65. The van der Waals surface area contributed by atoms with Crippen molar-refractivity contribution in [1.29, 1.82) is 0 Å². The van der Waals surface area contributed by atoms with E-state index >= 15 is 0 Å². The molecule has 0 aromatic rings. The maximum absolute atomic E-state index is 11.8. The van der Waals surface area contributed by atoms with Gasteiger partial charge in [0.25, 0.3) is 9.05 Å². The van der Waals surface area contributed by atoms with E-state index in [9.17, 15) is 8.42 Å². The fraction of sp³-hybridized carbons (Fsp3) is 0.600. The Balaban J connectivity index is 2.34. The van der Waals surface area contributed by atoms with Gasteiger partial charge in [0.2, 0.25) is 0 Å². The van der Waals surface area contributed by atoms with E-state index in [0.717, 1.165) is 13.1 Å². The van der Waals surface area contributed by atoms with Crippen molar-refractivity contribution in [1.82, 2.24) is 10.2 Å². The van der Waals surface area contributed by atoms with Gasteiger partial charge in [0.15, 0.2) is 4.87 Å². The number of allylic oxidation sites excluding steroid dienone is 2. The van der Waals surface area contributed by atoms with Crippen molar-refractivity contribution in [3.05, 3.63) is 24.3 Å². The highest BCUT2D eigenvalue weighted by atomic mass is 35.7. The van der Waals surface area contributed by atoms with Gasteiger partial charge in [-0.25, -0.2) is 8.42 Å². The molecule has 0 saturated carbocycles. The molecule has 1 N–H and O–H groups in total. The molecule has 1 unspecified atom stereocenters. The molecule has 0 radical (unpaired) electrons. The maximum atomic E-state index is 11.8. The second-order valence-corrected chi connectivity index (χ2v) is 6.81. The summed E-state index contributed by atoms with van der Waals surface area (Å²) in [5, 5.41) is 3.20. The first kappa shape index (κ1) is 12.1. The van der Waals surface area contributed by atoms with Gasteiger partial charge in [-0.15, -0.1) is 0 Å². The van der Waals surface area contributed by atoms with Crippen LogP contribution in [0.1, 0.15) is 6.42 Å². The topological polar surface area (TPSA) is 49.4 Å². The molecular formula is C10H15ClN2O2S. The number of hydrogen-bond acceptors (Lipinski definition) is 4. The fourth-order valence-corrected chi connectivity index (χ4v) is 3.87. The molecule has 1 fully saturated rings. The van der Waals surface area contributed by atoms with Crippen LogP contribution in [-0.4, -0.2) is 44.4 Å². The SMILES string of the molecule is O=S(=O)(Cl)C1(N2CCNCC2)C=CC=CC1. The van der Waals surface area contributed by atoms with Gasteiger partial charge in [0.05, 0.1) is 0 Å². The Bertz CT molecular complexity index is 413. The largest absolute Gasteiger partial charge is 0.314 e. The van der Waals surface area contributed by atoms with Crippen LogP contribution in [0, 0.1) is 0 Å². The van der Waals surface area contributed by atoms with E-state index in [1.54, 1.807) is 12.2 Å². The van der Waals surface area contributed by atoms with Crippen molar-refractivity contribution in [2.24, 2.45) is 0 Å². The van der Waals surface area contributed by atoms with E-state index in [1.807, 2.05) is 17.1 Å². The molecule has 2 rings (SSSR count). The summed E-state index contributed by atoms with van der Waals surface area (Å²) in [4.78, 5) is 0.886. The number of hydrogen-bond donors (Lipinski definition) is 1. The Labute approximate surface area is 100 Å². The van der Waals surface area contributed by atoms with Gasteiger partial charge in [-0.1, -0.05) is 18.2 Å². The van der Waals surface area contributed by atoms with E-state index in [1.165, 1.54) is 0 Å². The molecule has 6 heteroatoms. The Morgan fingerprint density at radius 1 is 1.25 bits per heavy atom. The molecule has 0 amide bonds. The van der Waals surface area contributed by atoms with Crippen molar-refractivity contribution in [3.8, 4) is 0 Å². The summed E-state index contributed by atoms with van der Waals surface area (Å²) in [6, 6.07) is 0. The summed E-state index contributed by atoms with van der Waals surface area (Å²) < 4.78 is 23.7. The zero-order valence-electron chi connectivity index (χ0n) is 8.89. The maximum Gasteiger partial charge on any atom is 0.255 e. The monoisotopic (exact) mass is 262 g/mol. The van der Waals surface area contributed by atoms with Crippen LogP contribution in [0.3, 0.4) is 0 Å². The van der Waals surface area contributed by atoms with E-state index in [0.29, 0.717) is 19.5 Å². The van der Waals surface area contributed by atoms with Crippen LogP contribution in [0.5, 0.6) is 0 Å². The molecular weight excluding hydrogens is 248 g/mol. The zero-order chi connectivity index (χ0) is 11.6. The Morgan fingerprint density at radius 2 is 1.94 bits per heavy atom. The average Bonchev–Trinajstić information content (AvgIpc) is 2.30. The highest BCUT2D eigenvalue weighted by Crippen LogP contribution is 2.34. The number of halogens is 1. The second kappa shape index (κ2) is 4.49. The van der Waals surface area contributed by atoms with Crippen LogP contribution >= 0.6 is 10.7 Å². The molecule has 4 nitrogen and oxygen atoms in total. The average molecular weight is 263 g/mol. The molecule has 1 atom stereocenters. The summed E-state index contributed by atoms with van der Waals surface area (Å²) in [7, 11) is 1.97. The minimum Gasteiger partial charge on any atom is -0.314 e. The van der Waals surface area contributed by atoms with Crippen LogP contribution in [0.2, 0.25) is 0 Å². The molecule has 90 valence electrons. The number of nitrogens with one attached hydrogen (secondary N) is 1. The standard InChI is InChI=1S/C10H15ClN2O2S/c11-16(14,15)10(4-2-1-3-5-10)13-8-6-12-7-9-13/h1-4,12H,5-9H2. The van der Waals surface area contributed by atoms with Gasteiger partial charge in [-0.05, 0) is 6.08 Å². The third-order valence-corrected chi connectivity index (χ3v) is 5.30. The summed E-state index contributed by atoms with van der Waals surface area (Å²) >= 11 is 0. The zero-order valence-corrected chi connectivity index (χ0v) is 10.5. The van der Waals surface area contributed by atoms with Gasteiger partial charge in [-0.2, -0.15) is 0 Å². The van der Waals surface area contributed by atoms with Gasteiger partial charge >= 0.3 is 0 Å². The van der Waals surface area contributed by atoms with Crippen LogP contribution in [0.15, 0.2) is 24.3 Å². The second-order valence-electron chi connectivity index (χ2n) is 4.01. The summed E-state index contributed by atoms with van der Waals surface area (Å²) in [6.07, 6.45) is 7.58. The Hall–Kier alpha value is -0.360. The lowest BCUT2D eigenvalue weighted by Crippen LogP contribution is -2.58. The summed E-state index contributed by atoms with van der Waals surface area (Å²) in [5.74, 6) is 0. The molecule has 0 aromatic heterocycles. The molecule has 1 saturated heterocycles. The predicted octanol–water partition coefficient (Wildman–Crippen LogP) is 0.673. The highest BCUT2D eigenvalue weighted by molar-refractivity contribution is 8.14. The van der Waals surface area contributed by atoms with Crippen LogP contribution in [0.4, 0.5) is 0 Å². The van der Waals surface area contributed by atoms with E-state index in [-0.39, 0.29) is 0 Å². The lowest BCUT2D eigenvalue weighted by molar-refractivity contribution is 0.173. The van der Waals surface area contributed by atoms with Gasteiger partial charge in [0, 0.05) is 43.3 Å². The molecule has 2 aliphatic rings. The van der Waals surface area contributed by atoms with E-state index in [4.69, 9.17) is 10.7 Å². The predicted molar refractivity (Wildman–Crippen MR) is 64.8 cm³/mol. The molecule has 1 aliphatic heterocycles. The first-order valence-electron chi connectivity index (χ1n) is 5.31. The smallest absolute Gasteiger partial charge is 0.255 e. The van der Waals surface area contributed by atoms with Crippen molar-refractivity contribution in [3.63, 3.8) is 0 Å². The van der Waals surface area contributed by atoms with E-state index in [2.05, 4.69) is 5.32 Å². The number of rotatable bonds is 2. The van der Waals surface area contributed by atoms with Gasteiger partial charge < -0.3 is 5.32 Å². The molecule has 1 heterocycles. The molecule has 0 bridgehead atoms. The van der Waals surface area contributed by atoms with Crippen molar-refractivity contribution < 1.29 is 8.42 Å². The van der Waals surface area contributed by atoms with Crippen LogP contribution < -0.4 is 5.32 Å². The first-order chi connectivity index (χ1) is 7.56. The Kier molecular flexibility index (Phi) is 3.39.